The number of carbonyl (C=O) groups excluding carboxylic acids is 4. The third-order valence-corrected chi connectivity index (χ3v) is 18.8. The van der Waals surface area contributed by atoms with Crippen molar-refractivity contribution in [3.8, 4) is 32.4 Å². The number of thiocarbonyl (C=S) groups is 3. The number of nitrogens with zero attached hydrogens (tertiary/aromatic N) is 2. The van der Waals surface area contributed by atoms with Crippen molar-refractivity contribution in [1.82, 2.24) is 9.97 Å². The first-order valence-electron chi connectivity index (χ1n) is 26.7. The molecular weight excluding hydrogens is 1190 g/mol. The van der Waals surface area contributed by atoms with Gasteiger partial charge in [-0.25, -0.2) is 29.1 Å². The van der Waals surface area contributed by atoms with Gasteiger partial charge < -0.3 is 28.4 Å². The number of benzene rings is 7. The fourth-order valence-corrected chi connectivity index (χ4v) is 14.4. The molecule has 2 aliphatic heterocycles. The van der Waals surface area contributed by atoms with Crippen molar-refractivity contribution in [2.75, 3.05) is 0 Å². The van der Waals surface area contributed by atoms with Crippen molar-refractivity contribution in [1.29, 1.82) is 0 Å². The second-order valence-electron chi connectivity index (χ2n) is 20.4. The summed E-state index contributed by atoms with van der Waals surface area (Å²) >= 11 is 25.5. The van der Waals surface area contributed by atoms with Crippen LogP contribution in [0.15, 0.2) is 193 Å². The predicted octanol–water partition coefficient (Wildman–Crippen LogP) is 13.6. The molecule has 418 valence electrons. The van der Waals surface area contributed by atoms with E-state index in [-0.39, 0.29) is 75.2 Å². The van der Waals surface area contributed by atoms with Gasteiger partial charge >= 0.3 is 35.1 Å². The summed E-state index contributed by atoms with van der Waals surface area (Å²) in [5.74, 6) is -4.47. The molecule has 1 atom stereocenters. The lowest BCUT2D eigenvalue weighted by molar-refractivity contribution is -0.185. The molecule has 18 heteroatoms. The average molecular weight is 1230 g/mol. The van der Waals surface area contributed by atoms with Crippen LogP contribution >= 0.6 is 72.0 Å². The Morgan fingerprint density at radius 3 is 1.19 bits per heavy atom. The van der Waals surface area contributed by atoms with Crippen LogP contribution in [0, 0.1) is 0 Å². The molecule has 7 aromatic carbocycles. The van der Waals surface area contributed by atoms with Gasteiger partial charge in [0.25, 0.3) is 0 Å². The molecule has 9 aromatic rings. The standard InChI is InChI=1S/C67H44N2O10S6/c1-65(83)48-29-17-16-28-44(48)56(82)49(65)33-53-69-60-58(85-53)46-31-50-45(30-51(46)79-67(60,63(72)76-36-40-22-10-4-11-23-40)64(73)77-37-41-24-12-5-13-25-41)57-59(68-52(84-57)32-47-54(80)42-26-14-15-27-43(42)55(47)81)66(78-50,61(70)74-34-38-18-6-2-7-19-38)62(71)75-35-39-20-8-3-9-21-39/h2-33,83H,34-37H2,1H3/b49-33+. The number of fused-ring (bicyclic) bond motifs is 8. The van der Waals surface area contributed by atoms with Crippen molar-refractivity contribution in [3.05, 3.63) is 259 Å². The van der Waals surface area contributed by atoms with E-state index in [1.54, 1.807) is 121 Å². The van der Waals surface area contributed by atoms with Crippen LogP contribution in [0.25, 0.3) is 33.0 Å². The molecule has 0 saturated heterocycles. The number of allylic oxidation sites excluding steroid dienone is 1. The Morgan fingerprint density at radius 1 is 0.471 bits per heavy atom. The number of rotatable bonds is 14. The molecule has 0 bridgehead atoms. The van der Waals surface area contributed by atoms with Gasteiger partial charge in [0.1, 0.15) is 59.3 Å². The maximum Gasteiger partial charge on any atom is 0.369 e. The summed E-state index contributed by atoms with van der Waals surface area (Å²) in [6.07, 6.45) is 3.51. The van der Waals surface area contributed by atoms with Crippen LogP contribution in [0.2, 0.25) is 0 Å². The van der Waals surface area contributed by atoms with Crippen LogP contribution in [-0.2, 0) is 80.5 Å². The Kier molecular flexibility index (Phi) is 14.7. The molecule has 85 heavy (non-hydrogen) atoms. The molecule has 1 unspecified atom stereocenters. The minimum absolute atomic E-state index is 0.00693. The normalized spacial score (nSPS) is 16.8. The molecule has 0 saturated carbocycles. The summed E-state index contributed by atoms with van der Waals surface area (Å²) in [7, 11) is 0. The van der Waals surface area contributed by atoms with Crippen LogP contribution in [0.3, 0.4) is 0 Å². The number of esters is 4. The summed E-state index contributed by atoms with van der Waals surface area (Å²) in [6, 6.07) is 54.4. The number of hydrogen-bond donors (Lipinski definition) is 1. The zero-order chi connectivity index (χ0) is 58.6. The fourth-order valence-electron chi connectivity index (χ4n) is 10.6. The summed E-state index contributed by atoms with van der Waals surface area (Å²) in [5, 5.41) is 0.606. The second-order valence-corrected chi connectivity index (χ2v) is 24.6. The highest BCUT2D eigenvalue weighted by atomic mass is 32.1. The molecule has 0 amide bonds. The quantitative estimate of drug-likeness (QED) is 0.0275. The maximum atomic E-state index is 15.4. The van der Waals surface area contributed by atoms with Gasteiger partial charge in [0.05, 0.1) is 29.1 Å². The van der Waals surface area contributed by atoms with Gasteiger partial charge in [-0.1, -0.05) is 207 Å². The Balaban J connectivity index is 1.01. The molecule has 2 aliphatic carbocycles. The topological polar surface area (TPSA) is 149 Å². The van der Waals surface area contributed by atoms with Crippen molar-refractivity contribution in [3.63, 3.8) is 0 Å². The van der Waals surface area contributed by atoms with Gasteiger partial charge in [-0.15, -0.1) is 22.7 Å². The number of thiazole rings is 2. The van der Waals surface area contributed by atoms with E-state index in [2.05, 4.69) is 0 Å². The molecule has 0 radical (unpaired) electrons. The largest absolute Gasteiger partial charge is 0.458 e. The summed E-state index contributed by atoms with van der Waals surface area (Å²) in [5.41, 5.74) is 1.81. The van der Waals surface area contributed by atoms with Crippen molar-refractivity contribution >= 4 is 123 Å². The number of hydrogen-bond acceptors (Lipinski definition) is 18. The van der Waals surface area contributed by atoms with E-state index in [0.717, 1.165) is 44.9 Å². The molecule has 4 aliphatic rings. The Morgan fingerprint density at radius 2 is 0.812 bits per heavy atom. The summed E-state index contributed by atoms with van der Waals surface area (Å²) in [4.78, 5) is 73.9. The molecule has 0 spiro atoms. The zero-order valence-corrected chi connectivity index (χ0v) is 49.7. The summed E-state index contributed by atoms with van der Waals surface area (Å²) < 4.78 is 37.4. The minimum atomic E-state index is -2.70. The lowest BCUT2D eigenvalue weighted by Gasteiger charge is -2.36. The third kappa shape index (κ3) is 9.81. The molecule has 0 N–H and O–H groups in total. The first-order chi connectivity index (χ1) is 41.2. The van der Waals surface area contributed by atoms with E-state index in [1.807, 2.05) is 79.7 Å². The van der Waals surface area contributed by atoms with Crippen LogP contribution in [0.5, 0.6) is 11.5 Å². The average Bonchev–Trinajstić information content (AvgIpc) is 2.33. The van der Waals surface area contributed by atoms with Crippen LogP contribution in [0.1, 0.15) is 72.8 Å². The minimum Gasteiger partial charge on any atom is -0.458 e. The second kappa shape index (κ2) is 22.4. The fraction of sp³-hybridized carbons (Fsp3) is 0.119. The molecule has 12 nitrogen and oxygen atoms in total. The first-order valence-corrected chi connectivity index (χ1v) is 30.0. The third-order valence-electron chi connectivity index (χ3n) is 15.0. The highest BCUT2D eigenvalue weighted by molar-refractivity contribution is 7.84. The van der Waals surface area contributed by atoms with Crippen molar-refractivity contribution < 1.29 is 47.6 Å². The van der Waals surface area contributed by atoms with Gasteiger partial charge in [-0.2, -0.15) is 12.6 Å². The van der Waals surface area contributed by atoms with Gasteiger partial charge in [-0.3, -0.25) is 0 Å². The molecule has 4 heterocycles. The van der Waals surface area contributed by atoms with Gasteiger partial charge in [0, 0.05) is 27.8 Å². The number of thiol groups is 1. The monoisotopic (exact) mass is 1230 g/mol. The smallest absolute Gasteiger partial charge is 0.369 e. The van der Waals surface area contributed by atoms with E-state index >= 15 is 19.2 Å². The SMILES string of the molecule is CC1(S)/C(=C/c2nc3c(s2)-c2cc4c(cc2OC3(C(=O)OCc2ccccc2)C(=O)OCc2ccccc2)-c2sc(C=C3C(=S)c5ccccc5C3=S)nc2C(C(=O)OCc2ccccc2)(C(=O)OCc2ccccc2)O4)C(=S)c2ccccc21. The van der Waals surface area contributed by atoms with Gasteiger partial charge in [0.2, 0.25) is 0 Å². The van der Waals surface area contributed by atoms with E-state index in [0.29, 0.717) is 53.0 Å². The molecule has 2 aromatic heterocycles. The lowest BCUT2D eigenvalue weighted by Crippen LogP contribution is -2.53. The lowest BCUT2D eigenvalue weighted by atomic mass is 9.88. The Labute approximate surface area is 517 Å². The Bertz CT molecular complexity index is 4180. The van der Waals surface area contributed by atoms with Crippen molar-refractivity contribution in [2.24, 2.45) is 0 Å². The highest BCUT2D eigenvalue weighted by Crippen LogP contribution is 2.57. The Hall–Kier alpha value is -8.62. The van der Waals surface area contributed by atoms with E-state index in [9.17, 15) is 0 Å². The van der Waals surface area contributed by atoms with E-state index < -0.39 is 39.8 Å². The highest BCUT2D eigenvalue weighted by Gasteiger charge is 2.63. The van der Waals surface area contributed by atoms with Crippen LogP contribution in [-0.4, -0.2) is 48.4 Å². The number of aromatic nitrogens is 2. The van der Waals surface area contributed by atoms with E-state index in [4.69, 9.17) is 87.7 Å². The van der Waals surface area contributed by atoms with Gasteiger partial charge in [0.15, 0.2) is 0 Å². The summed E-state index contributed by atoms with van der Waals surface area (Å²) in [6.45, 7) is 0.959. The number of carbonyl (C=O) groups is 4. The molecular formula is C67H44N2O10S6. The van der Waals surface area contributed by atoms with Gasteiger partial charge in [-0.05, 0) is 70.2 Å². The molecule has 13 rings (SSSR count). The van der Waals surface area contributed by atoms with Crippen molar-refractivity contribution in [2.45, 2.75) is 49.3 Å². The van der Waals surface area contributed by atoms with Crippen LogP contribution in [0.4, 0.5) is 0 Å². The van der Waals surface area contributed by atoms with E-state index in [1.165, 1.54) is 0 Å². The number of ether oxygens (including phenoxy) is 6. The van der Waals surface area contributed by atoms with Crippen LogP contribution < -0.4 is 9.47 Å². The predicted molar refractivity (Wildman–Crippen MR) is 338 cm³/mol. The first kappa shape index (κ1) is 55.6. The zero-order valence-electron chi connectivity index (χ0n) is 44.8. The molecule has 0 fully saturated rings. The maximum absolute atomic E-state index is 15.4.